The number of ether oxygens (including phenoxy) is 1. The molecule has 254 valence electrons. The van der Waals surface area contributed by atoms with Crippen molar-refractivity contribution in [1.29, 1.82) is 0 Å². The summed E-state index contributed by atoms with van der Waals surface area (Å²) in [5.41, 5.74) is 27.1. The van der Waals surface area contributed by atoms with Gasteiger partial charge in [0.25, 0.3) is 12.4 Å². The van der Waals surface area contributed by atoms with Gasteiger partial charge in [-0.3, -0.25) is 24.7 Å². The largest absolute Gasteiger partial charge is 0.471 e. The normalized spacial score (nSPS) is 10.9. The van der Waals surface area contributed by atoms with E-state index >= 15 is 0 Å². The number of hydrogen-bond acceptors (Lipinski definition) is 10. The van der Waals surface area contributed by atoms with E-state index in [2.05, 4.69) is 73.5 Å². The summed E-state index contributed by atoms with van der Waals surface area (Å²) in [7, 11) is 3.19. The maximum atomic E-state index is 12.4. The number of carbonyl (C=O) groups is 3. The summed E-state index contributed by atoms with van der Waals surface area (Å²) in [6.45, 7) is 2.32. The lowest BCUT2D eigenvalue weighted by Gasteiger charge is -2.17. The lowest BCUT2D eigenvalue weighted by Crippen LogP contribution is -2.38. The molecule has 47 heavy (non-hydrogen) atoms. The maximum absolute atomic E-state index is 12.4. The number of nitrogen functional groups attached to an aromatic ring is 2. The topological polar surface area (TPSA) is 218 Å². The van der Waals surface area contributed by atoms with Crippen molar-refractivity contribution in [3.05, 3.63) is 70.5 Å². The number of unbranched alkanes of at least 4 members (excludes halogenated alkanes) is 3. The van der Waals surface area contributed by atoms with E-state index in [1.54, 1.807) is 0 Å². The van der Waals surface area contributed by atoms with Crippen LogP contribution in [0.15, 0.2) is 53.5 Å². The maximum Gasteiger partial charge on any atom is 0.292 e. The molecular weight excluding hydrogens is 622 g/mol. The first-order chi connectivity index (χ1) is 22.6. The number of methoxy groups -OCH3 is 1. The van der Waals surface area contributed by atoms with E-state index in [1.165, 1.54) is 12.7 Å². The lowest BCUT2D eigenvalue weighted by molar-refractivity contribution is -0.130. The van der Waals surface area contributed by atoms with Crippen molar-refractivity contribution in [3.63, 3.8) is 0 Å². The molecule has 0 aliphatic carbocycles. The number of guanidine groups is 1. The van der Waals surface area contributed by atoms with Crippen LogP contribution in [0.3, 0.4) is 0 Å². The molecule has 0 spiro atoms. The van der Waals surface area contributed by atoms with Crippen LogP contribution in [-0.4, -0.2) is 72.9 Å². The fourth-order valence-electron chi connectivity index (χ4n) is 4.43. The molecule has 3 aromatic rings. The molecule has 2 amide bonds. The fourth-order valence-corrected chi connectivity index (χ4v) is 4.56. The van der Waals surface area contributed by atoms with E-state index in [4.69, 9.17) is 39.3 Å². The van der Waals surface area contributed by atoms with E-state index < -0.39 is 5.91 Å². The van der Waals surface area contributed by atoms with Crippen LogP contribution in [0.25, 0.3) is 11.1 Å². The third-order valence-corrected chi connectivity index (χ3v) is 7.38. The molecule has 2 aromatic carbocycles. The number of aromatic nitrogens is 2. The highest BCUT2D eigenvalue weighted by atomic mass is 35.5. The molecule has 0 radical (unpaired) electrons. The van der Waals surface area contributed by atoms with Crippen molar-refractivity contribution in [2.75, 3.05) is 45.3 Å². The molecule has 1 heterocycles. The minimum absolute atomic E-state index is 0.0393. The molecule has 9 N–H and O–H groups in total. The number of amides is 2. The van der Waals surface area contributed by atoms with Gasteiger partial charge in [0, 0.05) is 26.6 Å². The molecule has 0 aliphatic heterocycles. The highest BCUT2D eigenvalue weighted by molar-refractivity contribution is 6.31. The summed E-state index contributed by atoms with van der Waals surface area (Å²) < 4.78 is 3.86. The van der Waals surface area contributed by atoms with Gasteiger partial charge in [0.2, 0.25) is 5.91 Å². The first-order valence-electron chi connectivity index (χ1n) is 15.4. The van der Waals surface area contributed by atoms with Gasteiger partial charge in [-0.25, -0.2) is 9.97 Å². The second-order valence-corrected chi connectivity index (χ2v) is 11.1. The average molecular weight is 668 g/mol. The van der Waals surface area contributed by atoms with Gasteiger partial charge in [-0.05, 0) is 67.3 Å². The third kappa shape index (κ3) is 14.1. The number of nitrogens with zero attached hydrogens (tertiary/aromatic N) is 4. The van der Waals surface area contributed by atoms with E-state index in [-0.39, 0.29) is 34.3 Å². The molecule has 3 rings (SSSR count). The Morgan fingerprint density at radius 1 is 0.915 bits per heavy atom. The summed E-state index contributed by atoms with van der Waals surface area (Å²) >= 11 is 5.82. The molecule has 14 heteroatoms. The van der Waals surface area contributed by atoms with E-state index in [0.717, 1.165) is 68.2 Å². The molecule has 0 unspecified atom stereocenters. The Hall–Kier alpha value is -4.75. The lowest BCUT2D eigenvalue weighted by atomic mass is 9.99. The third-order valence-electron chi connectivity index (χ3n) is 7.11. The van der Waals surface area contributed by atoms with Crippen molar-refractivity contribution in [1.82, 2.24) is 20.2 Å². The second kappa shape index (κ2) is 21.1. The van der Waals surface area contributed by atoms with Crippen LogP contribution in [0.5, 0.6) is 0 Å². The van der Waals surface area contributed by atoms with Crippen LogP contribution in [0.1, 0.15) is 60.1 Å². The van der Waals surface area contributed by atoms with Gasteiger partial charge in [-0.2, -0.15) is 0 Å². The number of aryl methyl sites for hydroxylation is 2. The molecule has 0 bridgehead atoms. The van der Waals surface area contributed by atoms with Gasteiger partial charge in [-0.15, -0.1) is 0 Å². The Labute approximate surface area is 281 Å². The van der Waals surface area contributed by atoms with Gasteiger partial charge in [-0.1, -0.05) is 66.6 Å². The highest BCUT2D eigenvalue weighted by Crippen LogP contribution is 2.22. The molecule has 1 aromatic heterocycles. The first-order valence-corrected chi connectivity index (χ1v) is 15.8. The van der Waals surface area contributed by atoms with E-state index in [1.807, 2.05) is 11.9 Å². The summed E-state index contributed by atoms with van der Waals surface area (Å²) in [4.78, 5) is 47.3. The number of hydrogen-bond donors (Lipinski definition) is 5. The number of benzene rings is 2. The second-order valence-electron chi connectivity index (χ2n) is 10.7. The highest BCUT2D eigenvalue weighted by Gasteiger charge is 2.16. The van der Waals surface area contributed by atoms with Crippen LogP contribution < -0.4 is 28.3 Å². The molecule has 0 fully saturated rings. The quantitative estimate of drug-likeness (QED) is 0.0649. The molecular formula is C33H46ClN9O4. The number of aliphatic imine (C=N–C) groups is 1. The Morgan fingerprint density at radius 3 is 2.09 bits per heavy atom. The molecule has 13 nitrogen and oxygen atoms in total. The van der Waals surface area contributed by atoms with Crippen molar-refractivity contribution >= 4 is 47.5 Å². The summed E-state index contributed by atoms with van der Waals surface area (Å²) in [6.07, 6.45) is 6.89. The molecule has 0 saturated heterocycles. The molecule has 0 atom stereocenters. The predicted octanol–water partition coefficient (Wildman–Crippen LogP) is 3.34. The van der Waals surface area contributed by atoms with Crippen molar-refractivity contribution in [2.45, 2.75) is 51.4 Å². The number of nitrogens with two attached hydrogens (primary N) is 4. The smallest absolute Gasteiger partial charge is 0.292 e. The number of halogens is 1. The van der Waals surface area contributed by atoms with Crippen LogP contribution in [0.4, 0.5) is 11.6 Å². The molecule has 0 aliphatic rings. The van der Waals surface area contributed by atoms with E-state index in [9.17, 15) is 9.59 Å². The zero-order chi connectivity index (χ0) is 34.6. The van der Waals surface area contributed by atoms with Gasteiger partial charge in [0.05, 0.1) is 7.11 Å². The number of rotatable bonds is 16. The number of anilines is 2. The zero-order valence-electron chi connectivity index (χ0n) is 27.1. The Morgan fingerprint density at radius 2 is 1.51 bits per heavy atom. The van der Waals surface area contributed by atoms with Gasteiger partial charge >= 0.3 is 0 Å². The van der Waals surface area contributed by atoms with Crippen molar-refractivity contribution < 1.29 is 19.1 Å². The summed E-state index contributed by atoms with van der Waals surface area (Å²) in [6, 6.07) is 16.9. The van der Waals surface area contributed by atoms with Crippen LogP contribution >= 0.6 is 11.6 Å². The fraction of sp³-hybridized carbons (Fsp3) is 0.394. The number of carbonyl (C=O) groups excluding carboxylic acids is 3. The Balaban J connectivity index is 0.00000181. The van der Waals surface area contributed by atoms with Gasteiger partial charge < -0.3 is 32.6 Å². The average Bonchev–Trinajstić information content (AvgIpc) is 3.07. The monoisotopic (exact) mass is 667 g/mol. The minimum atomic E-state index is -0.661. The van der Waals surface area contributed by atoms with Crippen LogP contribution in [0, 0.1) is 0 Å². The van der Waals surface area contributed by atoms with E-state index in [0.29, 0.717) is 26.0 Å². The standard InChI is InChI=1S/C31H42ClN9O2.C2H4O2/c1-41(20-6-2-4-18-33)25(42)17-12-22-10-15-24(16-11-22)23-13-8-21(9-14-23)7-3-5-19-37-31(36)40-30(43)26-28(34)39-29(35)27(32)38-26;1-4-2-3/h8-11,13-16H,2-7,12,17-20,33H2,1H3,(H4,34,35,39)(H3,36,37,40,43);2H,1H3. The Bertz CT molecular complexity index is 1450. The summed E-state index contributed by atoms with van der Waals surface area (Å²) in [5, 5.41) is 2.31. The van der Waals surface area contributed by atoms with Crippen LogP contribution in [0.2, 0.25) is 5.15 Å². The molecule has 0 saturated carbocycles. The van der Waals surface area contributed by atoms with Crippen molar-refractivity contribution in [2.24, 2.45) is 16.5 Å². The Kier molecular flexibility index (Phi) is 17.3. The van der Waals surface area contributed by atoms with Gasteiger partial charge in [0.15, 0.2) is 28.4 Å². The zero-order valence-corrected chi connectivity index (χ0v) is 27.8. The number of nitrogens with one attached hydrogen (secondary N) is 1. The summed E-state index contributed by atoms with van der Waals surface area (Å²) in [5.74, 6) is -0.729. The minimum Gasteiger partial charge on any atom is -0.471 e. The van der Waals surface area contributed by atoms with Gasteiger partial charge in [0.1, 0.15) is 0 Å². The van der Waals surface area contributed by atoms with Crippen molar-refractivity contribution in [3.8, 4) is 11.1 Å². The predicted molar refractivity (Wildman–Crippen MR) is 187 cm³/mol. The SMILES string of the molecule is CN(CCCCCN)C(=O)CCc1ccc(-c2ccc(CCCCN=C(N)NC(=O)c3nc(Cl)c(N)nc3N)cc2)cc1.COC=O. The van der Waals surface area contributed by atoms with Crippen LogP contribution in [-0.2, 0) is 27.2 Å². The first kappa shape index (κ1) is 38.4.